The lowest BCUT2D eigenvalue weighted by Gasteiger charge is -2.07. The topological polar surface area (TPSA) is 75.5 Å². The Bertz CT molecular complexity index is 513. The first kappa shape index (κ1) is 13.9. The fourth-order valence-electron chi connectivity index (χ4n) is 1.42. The summed E-state index contributed by atoms with van der Waals surface area (Å²) in [7, 11) is -1.48. The molecule has 2 N–H and O–H groups in total. The second kappa shape index (κ2) is 7.13. The Morgan fingerprint density at radius 3 is 2.68 bits per heavy atom. The van der Waals surface area contributed by atoms with Crippen LogP contribution in [0.15, 0.2) is 47.9 Å². The monoisotopic (exact) mass is 276 g/mol. The first-order valence-corrected chi connectivity index (χ1v) is 6.73. The van der Waals surface area contributed by atoms with Crippen molar-refractivity contribution in [2.45, 2.75) is 5.16 Å². The maximum absolute atomic E-state index is 9.05. The second-order valence-electron chi connectivity index (χ2n) is 3.67. The van der Waals surface area contributed by atoms with Gasteiger partial charge in [0.15, 0.2) is 5.16 Å². The maximum atomic E-state index is 9.05. The van der Waals surface area contributed by atoms with Crippen LogP contribution in [0.3, 0.4) is 0 Å². The normalized spacial score (nSPS) is 10.2. The molecule has 0 aliphatic heterocycles. The highest BCUT2D eigenvalue weighted by Crippen LogP contribution is 2.12. The number of ether oxygens (including phenoxy) is 1. The summed E-state index contributed by atoms with van der Waals surface area (Å²) >= 11 is 1.50. The Balaban J connectivity index is 1.78. The average molecular weight is 276 g/mol. The van der Waals surface area contributed by atoms with Gasteiger partial charge >= 0.3 is 7.12 Å². The first-order chi connectivity index (χ1) is 9.25. The molecule has 0 aliphatic rings. The van der Waals surface area contributed by atoms with Crippen LogP contribution in [-0.4, -0.2) is 39.5 Å². The summed E-state index contributed by atoms with van der Waals surface area (Å²) in [5, 5.41) is 18.8. The molecule has 0 fully saturated rings. The Labute approximate surface area is 115 Å². The van der Waals surface area contributed by atoms with Crippen LogP contribution in [0.2, 0.25) is 0 Å². The minimum Gasteiger partial charge on any atom is -0.493 e. The fourth-order valence-corrected chi connectivity index (χ4v) is 2.04. The number of aromatic nitrogens is 2. The molecule has 2 rings (SSSR count). The molecule has 0 atom stereocenters. The van der Waals surface area contributed by atoms with E-state index in [1.54, 1.807) is 42.7 Å². The van der Waals surface area contributed by atoms with E-state index in [2.05, 4.69) is 9.97 Å². The summed E-state index contributed by atoms with van der Waals surface area (Å²) in [6.07, 6.45) is 3.39. The van der Waals surface area contributed by atoms with Crippen LogP contribution in [0.4, 0.5) is 0 Å². The highest BCUT2D eigenvalue weighted by molar-refractivity contribution is 7.99. The predicted molar refractivity (Wildman–Crippen MR) is 74.5 cm³/mol. The van der Waals surface area contributed by atoms with Crippen molar-refractivity contribution < 1.29 is 14.8 Å². The van der Waals surface area contributed by atoms with Crippen LogP contribution in [0.1, 0.15) is 0 Å². The highest BCUT2D eigenvalue weighted by atomic mass is 32.2. The number of nitrogens with zero attached hydrogens (tertiary/aromatic N) is 2. The van der Waals surface area contributed by atoms with E-state index >= 15 is 0 Å². The van der Waals surface area contributed by atoms with Gasteiger partial charge in [-0.05, 0) is 23.7 Å². The van der Waals surface area contributed by atoms with Crippen molar-refractivity contribution >= 4 is 24.3 Å². The highest BCUT2D eigenvalue weighted by Gasteiger charge is 2.10. The van der Waals surface area contributed by atoms with Crippen molar-refractivity contribution in [3.63, 3.8) is 0 Å². The van der Waals surface area contributed by atoms with Gasteiger partial charge in [0, 0.05) is 18.1 Å². The van der Waals surface area contributed by atoms with Gasteiger partial charge in [-0.15, -0.1) is 0 Å². The summed E-state index contributed by atoms with van der Waals surface area (Å²) < 4.78 is 5.52. The molecule has 0 bridgehead atoms. The third-order valence-electron chi connectivity index (χ3n) is 2.28. The quantitative estimate of drug-likeness (QED) is 0.343. The van der Waals surface area contributed by atoms with Gasteiger partial charge in [-0.3, -0.25) is 0 Å². The van der Waals surface area contributed by atoms with E-state index in [0.29, 0.717) is 23.0 Å². The zero-order chi connectivity index (χ0) is 13.5. The maximum Gasteiger partial charge on any atom is 0.488 e. The molecule has 98 valence electrons. The number of rotatable bonds is 6. The number of benzene rings is 1. The third kappa shape index (κ3) is 4.55. The molecule has 0 saturated heterocycles. The minimum absolute atomic E-state index is 0.413. The molecule has 0 radical (unpaired) electrons. The Kier molecular flexibility index (Phi) is 5.20. The van der Waals surface area contributed by atoms with Gasteiger partial charge in [-0.25, -0.2) is 9.97 Å². The van der Waals surface area contributed by atoms with E-state index in [1.807, 2.05) is 0 Å². The summed E-state index contributed by atoms with van der Waals surface area (Å²) in [4.78, 5) is 8.18. The Morgan fingerprint density at radius 1 is 1.16 bits per heavy atom. The first-order valence-electron chi connectivity index (χ1n) is 5.74. The summed E-state index contributed by atoms with van der Waals surface area (Å²) in [6, 6.07) is 8.50. The summed E-state index contributed by atoms with van der Waals surface area (Å²) in [5.41, 5.74) is 0.413. The molecule has 19 heavy (non-hydrogen) atoms. The van der Waals surface area contributed by atoms with E-state index in [4.69, 9.17) is 14.8 Å². The number of thioether (sulfide) groups is 1. The van der Waals surface area contributed by atoms with Gasteiger partial charge in [0.2, 0.25) is 0 Å². The number of hydrogen-bond donors (Lipinski definition) is 2. The van der Waals surface area contributed by atoms with Gasteiger partial charge in [0.05, 0.1) is 6.61 Å². The molecule has 2 aromatic rings. The molecular weight excluding hydrogens is 263 g/mol. The predicted octanol–water partition coefficient (Wildman–Crippen LogP) is 0.327. The molecule has 0 spiro atoms. The zero-order valence-electron chi connectivity index (χ0n) is 10.1. The van der Waals surface area contributed by atoms with Crippen molar-refractivity contribution in [3.8, 4) is 5.75 Å². The summed E-state index contributed by atoms with van der Waals surface area (Å²) in [5.74, 6) is 1.33. The van der Waals surface area contributed by atoms with Crippen LogP contribution in [0.5, 0.6) is 5.75 Å². The van der Waals surface area contributed by atoms with Crippen LogP contribution in [0.25, 0.3) is 0 Å². The largest absolute Gasteiger partial charge is 0.493 e. The van der Waals surface area contributed by atoms with Crippen LogP contribution in [0, 0.1) is 0 Å². The molecule has 1 aromatic carbocycles. The lowest BCUT2D eigenvalue weighted by Crippen LogP contribution is -2.29. The lowest BCUT2D eigenvalue weighted by molar-refractivity contribution is 0.343. The van der Waals surface area contributed by atoms with Crippen LogP contribution >= 0.6 is 11.8 Å². The average Bonchev–Trinajstić information content (AvgIpc) is 2.45. The molecule has 0 amide bonds. The minimum atomic E-state index is -1.48. The molecule has 1 aromatic heterocycles. The van der Waals surface area contributed by atoms with Crippen molar-refractivity contribution in [1.29, 1.82) is 0 Å². The smallest absolute Gasteiger partial charge is 0.488 e. The van der Waals surface area contributed by atoms with Gasteiger partial charge in [0.25, 0.3) is 0 Å². The zero-order valence-corrected chi connectivity index (χ0v) is 11.0. The van der Waals surface area contributed by atoms with Crippen molar-refractivity contribution in [2.24, 2.45) is 0 Å². The molecular formula is C12H13BN2O3S. The molecule has 5 nitrogen and oxygen atoms in total. The van der Waals surface area contributed by atoms with E-state index in [-0.39, 0.29) is 0 Å². The molecule has 0 aliphatic carbocycles. The Morgan fingerprint density at radius 2 is 1.95 bits per heavy atom. The van der Waals surface area contributed by atoms with E-state index in [0.717, 1.165) is 5.75 Å². The van der Waals surface area contributed by atoms with Gasteiger partial charge in [-0.1, -0.05) is 23.9 Å². The van der Waals surface area contributed by atoms with Gasteiger partial charge in [0.1, 0.15) is 5.75 Å². The standard InChI is InChI=1S/C12H13BN2O3S/c16-13(17)10-3-1-4-11(9-10)18-7-8-19-12-14-5-2-6-15-12/h1-6,9,16-17H,7-8H2. The van der Waals surface area contributed by atoms with Crippen molar-refractivity contribution in [2.75, 3.05) is 12.4 Å². The fraction of sp³-hybridized carbons (Fsp3) is 0.167. The van der Waals surface area contributed by atoms with Crippen LogP contribution < -0.4 is 10.2 Å². The third-order valence-corrected chi connectivity index (χ3v) is 3.12. The molecule has 7 heteroatoms. The van der Waals surface area contributed by atoms with E-state index in [1.165, 1.54) is 11.8 Å². The van der Waals surface area contributed by atoms with Crippen LogP contribution in [-0.2, 0) is 0 Å². The van der Waals surface area contributed by atoms with Gasteiger partial charge < -0.3 is 14.8 Å². The van der Waals surface area contributed by atoms with E-state index in [9.17, 15) is 0 Å². The van der Waals surface area contributed by atoms with Crippen molar-refractivity contribution in [3.05, 3.63) is 42.7 Å². The number of hydrogen-bond acceptors (Lipinski definition) is 6. The van der Waals surface area contributed by atoms with E-state index < -0.39 is 7.12 Å². The lowest BCUT2D eigenvalue weighted by atomic mass is 9.80. The van der Waals surface area contributed by atoms with Gasteiger partial charge in [-0.2, -0.15) is 0 Å². The molecule has 1 heterocycles. The molecule has 0 saturated carbocycles. The van der Waals surface area contributed by atoms with Crippen molar-refractivity contribution in [1.82, 2.24) is 9.97 Å². The summed E-state index contributed by atoms with van der Waals surface area (Å²) in [6.45, 7) is 0.494. The Hall–Kier alpha value is -1.57. The SMILES string of the molecule is OB(O)c1cccc(OCCSc2ncccn2)c1. The molecule has 0 unspecified atom stereocenters. The second-order valence-corrected chi connectivity index (χ2v) is 4.74.